The number of nitrogens with zero attached hydrogens (tertiary/aromatic N) is 1. The van der Waals surface area contributed by atoms with Crippen LogP contribution in [0.25, 0.3) is 11.3 Å². The fourth-order valence-corrected chi connectivity index (χ4v) is 2.82. The summed E-state index contributed by atoms with van der Waals surface area (Å²) < 4.78 is 18.1. The number of nitrogens with one attached hydrogen (secondary N) is 1. The molecule has 7 heteroatoms. The van der Waals surface area contributed by atoms with Crippen LogP contribution in [0.5, 0.6) is 0 Å². The van der Waals surface area contributed by atoms with Crippen molar-refractivity contribution in [2.24, 2.45) is 0 Å². The SMILES string of the molecule is CC(NC(=O)Cc1ccccc1)c1c(-c2ccc(F)cc2)noc1C(=O)O. The van der Waals surface area contributed by atoms with E-state index in [1.54, 1.807) is 6.92 Å². The highest BCUT2D eigenvalue weighted by atomic mass is 19.1. The molecule has 1 amide bonds. The van der Waals surface area contributed by atoms with Crippen LogP contribution in [0.4, 0.5) is 4.39 Å². The standard InChI is InChI=1S/C20H17FN2O4/c1-12(22-16(24)11-13-5-3-2-4-6-13)17-18(23-27-19(17)20(25)26)14-7-9-15(21)10-8-14/h2-10,12H,11H2,1H3,(H,22,24)(H,25,26). The van der Waals surface area contributed by atoms with Gasteiger partial charge in [-0.25, -0.2) is 9.18 Å². The van der Waals surface area contributed by atoms with Crippen LogP contribution in [-0.2, 0) is 11.2 Å². The summed E-state index contributed by atoms with van der Waals surface area (Å²) in [7, 11) is 0. The molecule has 3 rings (SSSR count). The molecule has 27 heavy (non-hydrogen) atoms. The quantitative estimate of drug-likeness (QED) is 0.693. The smallest absolute Gasteiger partial charge is 0.375 e. The molecule has 1 aromatic heterocycles. The zero-order chi connectivity index (χ0) is 19.4. The summed E-state index contributed by atoms with van der Waals surface area (Å²) in [6.45, 7) is 1.65. The van der Waals surface area contributed by atoms with Crippen molar-refractivity contribution in [3.05, 3.63) is 77.3 Å². The average Bonchev–Trinajstić information content (AvgIpc) is 3.08. The number of hydrogen-bond donors (Lipinski definition) is 2. The van der Waals surface area contributed by atoms with Gasteiger partial charge in [-0.05, 0) is 36.8 Å². The van der Waals surface area contributed by atoms with Gasteiger partial charge >= 0.3 is 5.97 Å². The van der Waals surface area contributed by atoms with Crippen molar-refractivity contribution in [3.63, 3.8) is 0 Å². The average molecular weight is 368 g/mol. The first kappa shape index (κ1) is 18.3. The Hall–Kier alpha value is -3.48. The van der Waals surface area contributed by atoms with E-state index in [4.69, 9.17) is 4.52 Å². The van der Waals surface area contributed by atoms with E-state index in [1.165, 1.54) is 24.3 Å². The van der Waals surface area contributed by atoms with Gasteiger partial charge in [-0.2, -0.15) is 0 Å². The summed E-state index contributed by atoms with van der Waals surface area (Å²) >= 11 is 0. The van der Waals surface area contributed by atoms with Crippen LogP contribution in [0.15, 0.2) is 59.1 Å². The first-order valence-electron chi connectivity index (χ1n) is 8.28. The second-order valence-corrected chi connectivity index (χ2v) is 6.04. The third-order valence-electron chi connectivity index (χ3n) is 4.06. The Labute approximate surface area is 154 Å². The summed E-state index contributed by atoms with van der Waals surface area (Å²) in [5, 5.41) is 16.0. The normalized spacial score (nSPS) is 11.8. The number of benzene rings is 2. The molecule has 0 aliphatic carbocycles. The van der Waals surface area contributed by atoms with E-state index >= 15 is 0 Å². The second kappa shape index (κ2) is 7.82. The van der Waals surface area contributed by atoms with Gasteiger partial charge in [0, 0.05) is 5.56 Å². The van der Waals surface area contributed by atoms with Crippen LogP contribution >= 0.6 is 0 Å². The lowest BCUT2D eigenvalue weighted by Gasteiger charge is -2.14. The van der Waals surface area contributed by atoms with Crippen molar-refractivity contribution >= 4 is 11.9 Å². The molecule has 1 unspecified atom stereocenters. The Morgan fingerprint density at radius 2 is 1.81 bits per heavy atom. The molecule has 0 saturated carbocycles. The number of carbonyl (C=O) groups is 2. The van der Waals surface area contributed by atoms with Crippen LogP contribution in [0.1, 0.15) is 34.6 Å². The molecule has 0 aliphatic rings. The van der Waals surface area contributed by atoms with E-state index in [2.05, 4.69) is 10.5 Å². The molecule has 0 saturated heterocycles. The molecule has 0 spiro atoms. The van der Waals surface area contributed by atoms with Crippen LogP contribution < -0.4 is 5.32 Å². The predicted molar refractivity (Wildman–Crippen MR) is 95.6 cm³/mol. The summed E-state index contributed by atoms with van der Waals surface area (Å²) in [5.74, 6) is -2.35. The lowest BCUT2D eigenvalue weighted by molar-refractivity contribution is -0.121. The molecule has 1 atom stereocenters. The molecular weight excluding hydrogens is 351 g/mol. The van der Waals surface area contributed by atoms with E-state index in [0.29, 0.717) is 5.56 Å². The van der Waals surface area contributed by atoms with E-state index in [1.807, 2.05) is 30.3 Å². The molecule has 0 radical (unpaired) electrons. The van der Waals surface area contributed by atoms with Gasteiger partial charge < -0.3 is 14.9 Å². The molecular formula is C20H17FN2O4. The highest BCUT2D eigenvalue weighted by molar-refractivity contribution is 5.89. The van der Waals surface area contributed by atoms with Crippen LogP contribution in [0, 0.1) is 5.82 Å². The number of amides is 1. The number of aromatic nitrogens is 1. The van der Waals surface area contributed by atoms with Gasteiger partial charge in [-0.15, -0.1) is 0 Å². The Bertz CT molecular complexity index is 952. The number of halogens is 1. The van der Waals surface area contributed by atoms with Gasteiger partial charge in [0.2, 0.25) is 11.7 Å². The van der Waals surface area contributed by atoms with Crippen molar-refractivity contribution < 1.29 is 23.6 Å². The monoisotopic (exact) mass is 368 g/mol. The maximum Gasteiger partial charge on any atom is 0.375 e. The van der Waals surface area contributed by atoms with Crippen molar-refractivity contribution in [1.29, 1.82) is 0 Å². The minimum atomic E-state index is -1.30. The van der Waals surface area contributed by atoms with Crippen LogP contribution in [0.3, 0.4) is 0 Å². The molecule has 6 nitrogen and oxygen atoms in total. The molecule has 0 aliphatic heterocycles. The summed E-state index contributed by atoms with van der Waals surface area (Å²) in [6, 6.07) is 13.9. The van der Waals surface area contributed by atoms with Crippen molar-refractivity contribution in [2.75, 3.05) is 0 Å². The van der Waals surface area contributed by atoms with Gasteiger partial charge in [-0.3, -0.25) is 4.79 Å². The number of carboxylic acid groups (broad SMARTS) is 1. The Balaban J connectivity index is 1.87. The highest BCUT2D eigenvalue weighted by Gasteiger charge is 2.27. The zero-order valence-corrected chi connectivity index (χ0v) is 14.5. The largest absolute Gasteiger partial charge is 0.475 e. The summed E-state index contributed by atoms with van der Waals surface area (Å²) in [4.78, 5) is 23.8. The van der Waals surface area contributed by atoms with E-state index in [9.17, 15) is 19.1 Å². The first-order chi connectivity index (χ1) is 13.0. The Morgan fingerprint density at radius 3 is 2.44 bits per heavy atom. The predicted octanol–water partition coefficient (Wildman–Crippen LogP) is 3.60. The Kier molecular flexibility index (Phi) is 5.30. The summed E-state index contributed by atoms with van der Waals surface area (Å²) in [6.07, 6.45) is 0.157. The molecule has 0 fully saturated rings. The number of hydrogen-bond acceptors (Lipinski definition) is 4. The fraction of sp³-hybridized carbons (Fsp3) is 0.150. The van der Waals surface area contributed by atoms with Crippen molar-refractivity contribution in [2.45, 2.75) is 19.4 Å². The minimum absolute atomic E-state index is 0.157. The van der Waals surface area contributed by atoms with E-state index in [-0.39, 0.29) is 29.3 Å². The van der Waals surface area contributed by atoms with Gasteiger partial charge in [0.05, 0.1) is 18.0 Å². The van der Waals surface area contributed by atoms with Gasteiger partial charge in [0.15, 0.2) is 0 Å². The topological polar surface area (TPSA) is 92.4 Å². The Morgan fingerprint density at radius 1 is 1.15 bits per heavy atom. The minimum Gasteiger partial charge on any atom is -0.475 e. The van der Waals surface area contributed by atoms with Gasteiger partial charge in [-0.1, -0.05) is 35.5 Å². The molecule has 2 aromatic carbocycles. The number of carboxylic acids is 1. The number of aromatic carboxylic acids is 1. The number of carbonyl (C=O) groups excluding carboxylic acids is 1. The first-order valence-corrected chi connectivity index (χ1v) is 8.28. The lowest BCUT2D eigenvalue weighted by Crippen LogP contribution is -2.29. The highest BCUT2D eigenvalue weighted by Crippen LogP contribution is 2.31. The van der Waals surface area contributed by atoms with E-state index in [0.717, 1.165) is 5.56 Å². The molecule has 138 valence electrons. The third-order valence-corrected chi connectivity index (χ3v) is 4.06. The summed E-state index contributed by atoms with van der Waals surface area (Å²) in [5.41, 5.74) is 1.81. The van der Waals surface area contributed by atoms with Crippen molar-refractivity contribution in [3.8, 4) is 11.3 Å². The molecule has 0 bridgehead atoms. The lowest BCUT2D eigenvalue weighted by atomic mass is 10.00. The van der Waals surface area contributed by atoms with Gasteiger partial charge in [0.25, 0.3) is 0 Å². The number of rotatable bonds is 6. The van der Waals surface area contributed by atoms with Crippen LogP contribution in [0.2, 0.25) is 0 Å². The maximum atomic E-state index is 13.2. The zero-order valence-electron chi connectivity index (χ0n) is 14.5. The molecule has 1 heterocycles. The third kappa shape index (κ3) is 4.20. The van der Waals surface area contributed by atoms with Gasteiger partial charge in [0.1, 0.15) is 11.5 Å². The van der Waals surface area contributed by atoms with Crippen molar-refractivity contribution in [1.82, 2.24) is 10.5 Å². The maximum absolute atomic E-state index is 13.2. The second-order valence-electron chi connectivity index (χ2n) is 6.04. The van der Waals surface area contributed by atoms with Crippen LogP contribution in [-0.4, -0.2) is 22.1 Å². The molecule has 3 aromatic rings. The molecule has 2 N–H and O–H groups in total. The van der Waals surface area contributed by atoms with E-state index < -0.39 is 17.8 Å². The fourth-order valence-electron chi connectivity index (χ4n) is 2.82.